The number of nitrogens with zero attached hydrogens (tertiary/aromatic N) is 3. The zero-order chi connectivity index (χ0) is 25.7. The molecule has 2 aromatic rings. The van der Waals surface area contributed by atoms with E-state index in [2.05, 4.69) is 5.32 Å². The molecule has 0 aliphatic carbocycles. The highest BCUT2D eigenvalue weighted by Crippen LogP contribution is 2.28. The molecule has 2 heterocycles. The van der Waals surface area contributed by atoms with E-state index in [9.17, 15) is 14.7 Å². The summed E-state index contributed by atoms with van der Waals surface area (Å²) < 4.78 is 20.4. The molecule has 2 aromatic carbocycles. The smallest absolute Gasteiger partial charge is 0.414 e. The zero-order valence-electron chi connectivity index (χ0n) is 20.2. The van der Waals surface area contributed by atoms with Crippen molar-refractivity contribution < 1.29 is 23.8 Å². The lowest BCUT2D eigenvalue weighted by molar-refractivity contribution is -0.140. The highest BCUT2D eigenvalue weighted by atomic mass is 32.1. The number of rotatable bonds is 8. The van der Waals surface area contributed by atoms with Crippen molar-refractivity contribution in [2.24, 2.45) is 0 Å². The van der Waals surface area contributed by atoms with Gasteiger partial charge in [0, 0.05) is 32.6 Å². The molecule has 2 N–H and O–H groups in total. The first-order valence-electron chi connectivity index (χ1n) is 12.2. The number of ether oxygens (including phenoxy) is 1. The summed E-state index contributed by atoms with van der Waals surface area (Å²) in [6.45, 7) is 4.33. The highest BCUT2D eigenvalue weighted by Gasteiger charge is 2.33. The predicted molar refractivity (Wildman–Crippen MR) is 140 cm³/mol. The topological polar surface area (TPSA) is 85.4 Å². The predicted octanol–water partition coefficient (Wildman–Crippen LogP) is 2.73. The number of hydrogen-bond acceptors (Lipinski definition) is 6. The van der Waals surface area contributed by atoms with Gasteiger partial charge in [-0.25, -0.2) is 9.18 Å². The number of piperazine rings is 1. The third-order valence-corrected chi connectivity index (χ3v) is 6.89. The van der Waals surface area contributed by atoms with Crippen molar-refractivity contribution in [3.05, 3.63) is 59.9 Å². The second-order valence-electron chi connectivity index (χ2n) is 8.93. The minimum Gasteiger partial charge on any atom is -0.442 e. The summed E-state index contributed by atoms with van der Waals surface area (Å²) >= 11 is 5.14. The van der Waals surface area contributed by atoms with Crippen molar-refractivity contribution in [3.8, 4) is 0 Å². The first kappa shape index (κ1) is 25.8. The fraction of sp³-hybridized carbons (Fsp3) is 0.423. The van der Waals surface area contributed by atoms with Gasteiger partial charge >= 0.3 is 6.09 Å². The van der Waals surface area contributed by atoms with Gasteiger partial charge in [0.15, 0.2) is 0 Å². The maximum absolute atomic E-state index is 15.1. The van der Waals surface area contributed by atoms with Crippen LogP contribution in [-0.2, 0) is 16.0 Å². The molecular weight excluding hydrogens is 483 g/mol. The maximum Gasteiger partial charge on any atom is 0.414 e. The standard InChI is InChI=1S/C26H31FN4O4S/c1-2-24(36)28-16-20-17-31(26(34)35-20)19-8-9-22(21(27)15-19)29-10-12-30(13-11-29)25(33)23(32)14-18-6-4-3-5-7-18/h3-9,15,20,23,32H,2,10-14,16-17H2,1H3,(H,28,36). The Hall–Kier alpha value is -3.24. The number of aliphatic hydroxyl groups is 1. The Morgan fingerprint density at radius 2 is 1.92 bits per heavy atom. The summed E-state index contributed by atoms with van der Waals surface area (Å²) in [5.74, 6) is -0.761. The molecule has 2 saturated heterocycles. The second-order valence-corrected chi connectivity index (χ2v) is 9.42. The van der Waals surface area contributed by atoms with Crippen LogP contribution in [-0.4, -0.2) is 78.5 Å². The molecule has 192 valence electrons. The van der Waals surface area contributed by atoms with Crippen molar-refractivity contribution in [3.63, 3.8) is 0 Å². The van der Waals surface area contributed by atoms with E-state index in [4.69, 9.17) is 17.0 Å². The van der Waals surface area contributed by atoms with E-state index in [1.54, 1.807) is 17.0 Å². The molecule has 0 saturated carbocycles. The normalized spacial score (nSPS) is 18.7. The van der Waals surface area contributed by atoms with Gasteiger partial charge in [0.05, 0.1) is 29.5 Å². The number of anilines is 2. The van der Waals surface area contributed by atoms with Crippen molar-refractivity contribution in [2.45, 2.75) is 32.0 Å². The molecule has 4 rings (SSSR count). The molecule has 2 aliphatic heterocycles. The number of carbonyl (C=O) groups is 2. The number of benzene rings is 2. The van der Waals surface area contributed by atoms with E-state index < -0.39 is 18.0 Å². The monoisotopic (exact) mass is 514 g/mol. The van der Waals surface area contributed by atoms with E-state index >= 15 is 4.39 Å². The number of carbonyl (C=O) groups excluding carboxylic acids is 2. The third-order valence-electron chi connectivity index (χ3n) is 6.45. The summed E-state index contributed by atoms with van der Waals surface area (Å²) in [5.41, 5.74) is 1.74. The number of halogens is 1. The Morgan fingerprint density at radius 1 is 1.19 bits per heavy atom. The lowest BCUT2D eigenvalue weighted by Crippen LogP contribution is -2.52. The molecule has 2 amide bonds. The number of cyclic esters (lactones) is 1. The van der Waals surface area contributed by atoms with Crippen LogP contribution in [0.5, 0.6) is 0 Å². The summed E-state index contributed by atoms with van der Waals surface area (Å²) in [7, 11) is 0. The first-order valence-corrected chi connectivity index (χ1v) is 12.6. The zero-order valence-corrected chi connectivity index (χ0v) is 21.0. The summed E-state index contributed by atoms with van der Waals surface area (Å²) in [6.07, 6.45) is -1.02. The van der Waals surface area contributed by atoms with Crippen molar-refractivity contribution in [2.75, 3.05) is 49.1 Å². The molecule has 2 atom stereocenters. The molecule has 2 fully saturated rings. The third kappa shape index (κ3) is 6.11. The summed E-state index contributed by atoms with van der Waals surface area (Å²) in [4.78, 5) is 30.6. The molecular formula is C26H31FN4O4S. The fourth-order valence-corrected chi connectivity index (χ4v) is 4.50. The van der Waals surface area contributed by atoms with Gasteiger partial charge in [-0.1, -0.05) is 49.5 Å². The number of aliphatic hydroxyl groups excluding tert-OH is 1. The molecule has 36 heavy (non-hydrogen) atoms. The molecule has 2 aliphatic rings. The molecule has 0 aromatic heterocycles. The van der Waals surface area contributed by atoms with Gasteiger partial charge in [-0.2, -0.15) is 0 Å². The van der Waals surface area contributed by atoms with Crippen molar-refractivity contribution >= 4 is 40.6 Å². The number of hydrogen-bond donors (Lipinski definition) is 2. The van der Waals surface area contributed by atoms with Crippen LogP contribution in [0.3, 0.4) is 0 Å². The highest BCUT2D eigenvalue weighted by molar-refractivity contribution is 7.80. The number of thiocarbonyl (C=S) groups is 1. The average molecular weight is 515 g/mol. The Bertz CT molecular complexity index is 1090. The minimum atomic E-state index is -1.10. The fourth-order valence-electron chi connectivity index (χ4n) is 4.41. The molecule has 0 spiro atoms. The van der Waals surface area contributed by atoms with Crippen LogP contribution in [0.25, 0.3) is 0 Å². The van der Waals surface area contributed by atoms with Crippen molar-refractivity contribution in [1.82, 2.24) is 10.2 Å². The number of nitrogens with one attached hydrogen (secondary N) is 1. The van der Waals surface area contributed by atoms with Crippen LogP contribution < -0.4 is 15.1 Å². The van der Waals surface area contributed by atoms with Crippen LogP contribution in [0.2, 0.25) is 0 Å². The van der Waals surface area contributed by atoms with Gasteiger partial charge in [0.25, 0.3) is 5.91 Å². The van der Waals surface area contributed by atoms with Crippen LogP contribution >= 0.6 is 12.2 Å². The van der Waals surface area contributed by atoms with Gasteiger partial charge < -0.3 is 25.0 Å². The van der Waals surface area contributed by atoms with Crippen LogP contribution in [0.4, 0.5) is 20.6 Å². The average Bonchev–Trinajstić information content (AvgIpc) is 3.27. The minimum absolute atomic E-state index is 0.261. The van der Waals surface area contributed by atoms with E-state index in [1.165, 1.54) is 11.0 Å². The maximum atomic E-state index is 15.1. The van der Waals surface area contributed by atoms with E-state index in [1.807, 2.05) is 42.2 Å². The summed E-state index contributed by atoms with van der Waals surface area (Å²) in [6, 6.07) is 14.1. The Morgan fingerprint density at radius 3 is 2.58 bits per heavy atom. The van der Waals surface area contributed by atoms with E-state index in [0.717, 1.165) is 5.56 Å². The molecule has 0 radical (unpaired) electrons. The number of amides is 2. The largest absolute Gasteiger partial charge is 0.442 e. The molecule has 8 nitrogen and oxygen atoms in total. The van der Waals surface area contributed by atoms with Gasteiger partial charge in [-0.05, 0) is 30.2 Å². The van der Waals surface area contributed by atoms with Crippen LogP contribution in [0, 0.1) is 5.82 Å². The first-order chi connectivity index (χ1) is 17.4. The van der Waals surface area contributed by atoms with Crippen LogP contribution in [0.1, 0.15) is 18.9 Å². The molecule has 2 unspecified atom stereocenters. The van der Waals surface area contributed by atoms with Gasteiger partial charge in [-0.3, -0.25) is 9.69 Å². The lowest BCUT2D eigenvalue weighted by Gasteiger charge is -2.37. The van der Waals surface area contributed by atoms with Crippen molar-refractivity contribution in [1.29, 1.82) is 0 Å². The van der Waals surface area contributed by atoms with Gasteiger partial charge in [0.2, 0.25) is 0 Å². The Balaban J connectivity index is 1.31. The Labute approximate surface area is 215 Å². The summed E-state index contributed by atoms with van der Waals surface area (Å²) in [5, 5.41) is 13.4. The quantitative estimate of drug-likeness (QED) is 0.524. The lowest BCUT2D eigenvalue weighted by atomic mass is 10.1. The second kappa shape index (κ2) is 11.7. The van der Waals surface area contributed by atoms with Crippen LogP contribution in [0.15, 0.2) is 48.5 Å². The molecule has 0 bridgehead atoms. The van der Waals surface area contributed by atoms with Gasteiger partial charge in [0.1, 0.15) is 18.0 Å². The SMILES string of the molecule is CCC(=S)NCC1CN(c2ccc(N3CCN(C(=O)C(O)Cc4ccccc4)CC3)c(F)c2)C(=O)O1. The molecule has 10 heteroatoms. The van der Waals surface area contributed by atoms with E-state index in [-0.39, 0.29) is 18.4 Å². The Kier molecular flexibility index (Phi) is 8.37. The van der Waals surface area contributed by atoms with Gasteiger partial charge in [-0.15, -0.1) is 0 Å². The van der Waals surface area contributed by atoms with E-state index in [0.29, 0.717) is 62.1 Å².